The maximum absolute atomic E-state index is 9.75. The second-order valence-corrected chi connectivity index (χ2v) is 7.67. The second-order valence-electron chi connectivity index (χ2n) is 7.67. The quantitative estimate of drug-likeness (QED) is 0.848. The molecule has 2 aromatic rings. The van der Waals surface area contributed by atoms with Crippen LogP contribution >= 0.6 is 0 Å². The van der Waals surface area contributed by atoms with Gasteiger partial charge in [-0.15, -0.1) is 0 Å². The van der Waals surface area contributed by atoms with Crippen LogP contribution < -0.4 is 10.4 Å². The Hall–Kier alpha value is -2.58. The average molecular weight is 373 g/mol. The van der Waals surface area contributed by atoms with Gasteiger partial charge < -0.3 is 9.84 Å². The first kappa shape index (κ1) is 18.8. The molecule has 0 spiro atoms. The molecular formula is C26H28O2. The molecule has 28 heavy (non-hydrogen) atoms. The molecule has 3 aliphatic rings. The van der Waals surface area contributed by atoms with Crippen molar-refractivity contribution in [1.29, 1.82) is 0 Å². The molecule has 1 N–H and O–H groups in total. The summed E-state index contributed by atoms with van der Waals surface area (Å²) >= 11 is 0. The van der Waals surface area contributed by atoms with E-state index < -0.39 is 0 Å². The van der Waals surface area contributed by atoms with Crippen LogP contribution in [0.3, 0.4) is 0 Å². The normalized spacial score (nSPS) is 17.7. The van der Waals surface area contributed by atoms with Gasteiger partial charge in [-0.25, -0.2) is 0 Å². The van der Waals surface area contributed by atoms with Crippen LogP contribution in [0.1, 0.15) is 43.7 Å². The van der Waals surface area contributed by atoms with Gasteiger partial charge in [0.25, 0.3) is 0 Å². The molecule has 0 saturated heterocycles. The fourth-order valence-electron chi connectivity index (χ4n) is 4.28. The maximum atomic E-state index is 9.75. The van der Waals surface area contributed by atoms with E-state index in [-0.39, 0.29) is 6.10 Å². The third-order valence-electron chi connectivity index (χ3n) is 5.54. The highest BCUT2D eigenvalue weighted by Gasteiger charge is 2.13. The van der Waals surface area contributed by atoms with Crippen molar-refractivity contribution in [1.82, 2.24) is 0 Å². The summed E-state index contributed by atoms with van der Waals surface area (Å²) in [5.74, 6) is 0. The van der Waals surface area contributed by atoms with Crippen molar-refractivity contribution in [3.8, 4) is 0 Å². The molecule has 0 aromatic heterocycles. The molecule has 2 heteroatoms. The van der Waals surface area contributed by atoms with Crippen molar-refractivity contribution < 1.29 is 9.84 Å². The first-order valence-corrected chi connectivity index (χ1v) is 10.3. The van der Waals surface area contributed by atoms with Gasteiger partial charge in [0.1, 0.15) is 6.61 Å². The molecule has 2 aromatic carbocycles. The van der Waals surface area contributed by atoms with Crippen LogP contribution in [-0.4, -0.2) is 17.8 Å². The number of ether oxygens (including phenoxy) is 1. The van der Waals surface area contributed by atoms with E-state index in [2.05, 4.69) is 42.5 Å². The molecule has 1 atom stereocenters. The van der Waals surface area contributed by atoms with Gasteiger partial charge >= 0.3 is 0 Å². The third-order valence-corrected chi connectivity index (χ3v) is 5.54. The summed E-state index contributed by atoms with van der Waals surface area (Å²) in [5.41, 5.74) is 4.08. The standard InChI is InChI=1S/C21H22O.C5H6O/c1-14(22)13-16-6-4-8-19-18(16)11-12-20-17-7-3-2-5-15(17)9-10-21(19)20;1-2-4-6-5-3-1/h6-12,14,22H,2-5,13H2,1H3;1-4H,5H2. The van der Waals surface area contributed by atoms with Crippen molar-refractivity contribution in [2.75, 3.05) is 6.61 Å². The molecule has 0 fully saturated rings. The lowest BCUT2D eigenvalue weighted by molar-refractivity contribution is 0.201. The molecule has 2 nitrogen and oxygen atoms in total. The lowest BCUT2D eigenvalue weighted by Crippen LogP contribution is -2.20. The number of aryl methyl sites for hydroxylation is 1. The van der Waals surface area contributed by atoms with Gasteiger partial charge in [0, 0.05) is 0 Å². The number of allylic oxidation sites excluding steroid dienone is 3. The summed E-state index contributed by atoms with van der Waals surface area (Å²) in [6, 6.07) is 9.15. The summed E-state index contributed by atoms with van der Waals surface area (Å²) in [4.78, 5) is 0. The Kier molecular flexibility index (Phi) is 5.78. The number of aliphatic hydroxyl groups is 1. The van der Waals surface area contributed by atoms with Crippen molar-refractivity contribution >= 4 is 28.5 Å². The van der Waals surface area contributed by atoms with Crippen molar-refractivity contribution in [3.63, 3.8) is 0 Å². The van der Waals surface area contributed by atoms with Crippen LogP contribution in [0.25, 0.3) is 28.5 Å². The molecule has 0 saturated carbocycles. The molecule has 0 amide bonds. The molecule has 1 aliphatic heterocycles. The average Bonchev–Trinajstić information content (AvgIpc) is 2.75. The van der Waals surface area contributed by atoms with E-state index in [1.54, 1.807) is 6.26 Å². The summed E-state index contributed by atoms with van der Waals surface area (Å²) in [6.07, 6.45) is 19.6. The first-order chi connectivity index (χ1) is 13.7. The molecular weight excluding hydrogens is 344 g/mol. The maximum Gasteiger partial charge on any atom is 0.106 e. The topological polar surface area (TPSA) is 29.5 Å². The largest absolute Gasteiger partial charge is 0.497 e. The van der Waals surface area contributed by atoms with E-state index in [1.807, 2.05) is 25.2 Å². The van der Waals surface area contributed by atoms with Crippen LogP contribution in [0.4, 0.5) is 0 Å². The Labute approximate surface area is 166 Å². The van der Waals surface area contributed by atoms with Gasteiger partial charge in [-0.3, -0.25) is 0 Å². The van der Waals surface area contributed by atoms with Crippen LogP contribution in [0, 0.1) is 0 Å². The Bertz CT molecular complexity index is 1060. The monoisotopic (exact) mass is 372 g/mol. The van der Waals surface area contributed by atoms with E-state index in [1.165, 1.54) is 57.2 Å². The minimum absolute atomic E-state index is 0.287. The van der Waals surface area contributed by atoms with Crippen molar-refractivity contribution in [3.05, 3.63) is 76.4 Å². The highest BCUT2D eigenvalue weighted by Crippen LogP contribution is 2.24. The van der Waals surface area contributed by atoms with Gasteiger partial charge in [-0.2, -0.15) is 0 Å². The highest BCUT2D eigenvalue weighted by molar-refractivity contribution is 5.90. The molecule has 144 valence electrons. The van der Waals surface area contributed by atoms with E-state index in [4.69, 9.17) is 4.74 Å². The zero-order valence-corrected chi connectivity index (χ0v) is 16.5. The summed E-state index contributed by atoms with van der Waals surface area (Å²) in [6.45, 7) is 2.60. The predicted octanol–water partition coefficient (Wildman–Crippen LogP) is 4.38. The van der Waals surface area contributed by atoms with Crippen molar-refractivity contribution in [2.24, 2.45) is 0 Å². The van der Waals surface area contributed by atoms with Crippen LogP contribution in [0.15, 0.2) is 54.8 Å². The Balaban J connectivity index is 0.000000275. The number of hydrogen-bond donors (Lipinski definition) is 1. The van der Waals surface area contributed by atoms with Gasteiger partial charge in [0.05, 0.1) is 12.4 Å². The fraction of sp³-hybridized carbons (Fsp3) is 0.308. The minimum atomic E-state index is -0.287. The van der Waals surface area contributed by atoms with E-state index >= 15 is 0 Å². The Morgan fingerprint density at radius 3 is 2.57 bits per heavy atom. The number of benzene rings is 2. The summed E-state index contributed by atoms with van der Waals surface area (Å²) in [5, 5.41) is 15.3. The lowest BCUT2D eigenvalue weighted by atomic mass is 9.88. The van der Waals surface area contributed by atoms with Crippen LogP contribution in [-0.2, 0) is 11.2 Å². The van der Waals surface area contributed by atoms with Gasteiger partial charge in [0.15, 0.2) is 0 Å². The molecule has 2 aliphatic carbocycles. The van der Waals surface area contributed by atoms with Gasteiger partial charge in [-0.1, -0.05) is 48.6 Å². The summed E-state index contributed by atoms with van der Waals surface area (Å²) in [7, 11) is 0. The van der Waals surface area contributed by atoms with Crippen LogP contribution in [0.5, 0.6) is 0 Å². The highest BCUT2D eigenvalue weighted by atomic mass is 16.5. The SMILES string of the molecule is C1=CCOC=C1.CC(O)CC1=CCC=c2c1ccc1c3c(ccc21)CCCC=3. The van der Waals surface area contributed by atoms with Gasteiger partial charge in [-0.05, 0) is 89.1 Å². The van der Waals surface area contributed by atoms with Gasteiger partial charge in [0.2, 0.25) is 0 Å². The Morgan fingerprint density at radius 2 is 1.86 bits per heavy atom. The molecule has 5 rings (SSSR count). The fourth-order valence-corrected chi connectivity index (χ4v) is 4.28. The Morgan fingerprint density at radius 1 is 1.00 bits per heavy atom. The minimum Gasteiger partial charge on any atom is -0.497 e. The molecule has 1 heterocycles. The zero-order valence-electron chi connectivity index (χ0n) is 16.5. The molecule has 0 radical (unpaired) electrons. The van der Waals surface area contributed by atoms with E-state index in [9.17, 15) is 5.11 Å². The molecule has 0 bridgehead atoms. The lowest BCUT2D eigenvalue weighted by Gasteiger charge is -2.17. The zero-order chi connectivity index (χ0) is 19.3. The van der Waals surface area contributed by atoms with Crippen LogP contribution in [0.2, 0.25) is 0 Å². The third kappa shape index (κ3) is 3.98. The number of rotatable bonds is 2. The number of aliphatic hydroxyl groups excluding tert-OH is 1. The smallest absolute Gasteiger partial charge is 0.106 e. The molecule has 1 unspecified atom stereocenters. The van der Waals surface area contributed by atoms with E-state index in [0.717, 1.165) is 19.4 Å². The van der Waals surface area contributed by atoms with E-state index in [0.29, 0.717) is 0 Å². The first-order valence-electron chi connectivity index (χ1n) is 10.3. The van der Waals surface area contributed by atoms with Crippen molar-refractivity contribution in [2.45, 2.75) is 45.1 Å². The number of hydrogen-bond acceptors (Lipinski definition) is 2. The second kappa shape index (κ2) is 8.62. The predicted molar refractivity (Wildman–Crippen MR) is 118 cm³/mol. The number of fused-ring (bicyclic) bond motifs is 5. The summed E-state index contributed by atoms with van der Waals surface area (Å²) < 4.78 is 4.80.